The van der Waals surface area contributed by atoms with Crippen molar-refractivity contribution in [2.24, 2.45) is 0 Å². The van der Waals surface area contributed by atoms with Gasteiger partial charge in [-0.05, 0) is 56.3 Å². The summed E-state index contributed by atoms with van der Waals surface area (Å²) < 4.78 is 14.1. The van der Waals surface area contributed by atoms with Gasteiger partial charge in [0.15, 0.2) is 0 Å². The first-order chi connectivity index (χ1) is 18.1. The highest BCUT2D eigenvalue weighted by atomic mass is 16.5. The number of likely N-dealkylation sites (N-methyl/N-ethyl adjacent to an activating group) is 1. The number of rotatable bonds is 4. The van der Waals surface area contributed by atoms with Crippen molar-refractivity contribution >= 4 is 11.6 Å². The molecule has 6 bridgehead atoms. The van der Waals surface area contributed by atoms with E-state index in [4.69, 9.17) is 14.5 Å². The lowest BCUT2D eigenvalue weighted by Crippen LogP contribution is -2.19. The first kappa shape index (κ1) is 24.5. The number of nitrogens with zero attached hydrogens (tertiary/aromatic N) is 6. The van der Waals surface area contributed by atoms with Gasteiger partial charge in [-0.15, -0.1) is 10.2 Å². The third-order valence-corrected chi connectivity index (χ3v) is 6.05. The quantitative estimate of drug-likeness (QED) is 0.408. The summed E-state index contributed by atoms with van der Waals surface area (Å²) >= 11 is 0. The second kappa shape index (κ2) is 11.7. The lowest BCUT2D eigenvalue weighted by molar-refractivity contribution is 0.286. The molecule has 0 unspecified atom stereocenters. The van der Waals surface area contributed by atoms with Gasteiger partial charge in [-0.25, -0.2) is 9.97 Å². The highest BCUT2D eigenvalue weighted by molar-refractivity contribution is 5.67. The maximum absolute atomic E-state index is 6.16. The number of fused-ring (bicyclic) bond motifs is 7. The summed E-state index contributed by atoms with van der Waals surface area (Å²) in [5.41, 5.74) is 4.85. The molecule has 5 rings (SSSR count). The van der Waals surface area contributed by atoms with Crippen LogP contribution in [0.25, 0.3) is 11.3 Å². The van der Waals surface area contributed by atoms with E-state index in [1.165, 1.54) is 0 Å². The Morgan fingerprint density at radius 3 is 2.86 bits per heavy atom. The van der Waals surface area contributed by atoms with Crippen LogP contribution in [0, 0.1) is 6.92 Å². The maximum atomic E-state index is 6.16. The average Bonchev–Trinajstić information content (AvgIpc) is 3.42. The zero-order valence-electron chi connectivity index (χ0n) is 21.2. The number of hydrogen-bond acceptors (Lipinski definition) is 8. The van der Waals surface area contributed by atoms with E-state index in [1.54, 1.807) is 12.7 Å². The van der Waals surface area contributed by atoms with Crippen molar-refractivity contribution in [3.63, 3.8) is 0 Å². The molecule has 0 aliphatic carbocycles. The zero-order chi connectivity index (χ0) is 25.5. The molecule has 9 nitrogen and oxygen atoms in total. The van der Waals surface area contributed by atoms with Crippen LogP contribution in [0.3, 0.4) is 0 Å². The number of nitrogens with one attached hydrogen (secondary N) is 1. The Kier molecular flexibility index (Phi) is 7.71. The van der Waals surface area contributed by atoms with Gasteiger partial charge in [0.2, 0.25) is 5.95 Å². The van der Waals surface area contributed by atoms with E-state index in [0.717, 1.165) is 59.1 Å². The molecule has 0 radical (unpaired) electrons. The van der Waals surface area contributed by atoms with E-state index in [-0.39, 0.29) is 0 Å². The summed E-state index contributed by atoms with van der Waals surface area (Å²) in [6.45, 7) is 5.37. The SMILES string of the molecule is Cc1cnc2nc1-c1cccc(c1)OCC/C=C/CN(C)Cc1cc(ccc1OCCn1cnnc1)N2. The number of hydrogen-bond donors (Lipinski definition) is 1. The predicted octanol–water partition coefficient (Wildman–Crippen LogP) is 4.64. The molecule has 4 aromatic rings. The van der Waals surface area contributed by atoms with Crippen LogP contribution in [-0.2, 0) is 13.1 Å². The molecule has 2 aromatic heterocycles. The fourth-order valence-corrected chi connectivity index (χ4v) is 4.15. The van der Waals surface area contributed by atoms with Gasteiger partial charge in [-0.3, -0.25) is 4.90 Å². The molecule has 1 aliphatic rings. The molecule has 0 atom stereocenters. The molecule has 1 N–H and O–H groups in total. The third-order valence-electron chi connectivity index (χ3n) is 6.05. The Hall–Kier alpha value is -4.24. The standard InChI is InChI=1S/C28H31N7O2/c1-21-17-29-28-32-24-9-10-26(37-14-12-35-19-30-31-20-35)23(15-24)18-34(2)11-4-3-5-13-36-25-8-6-7-22(16-25)27(21)33-28/h3-4,6-10,15-17,19-20H,5,11-14,18H2,1-2H3,(H,29,32,33)/b4-3+. The minimum Gasteiger partial charge on any atom is -0.493 e. The van der Waals surface area contributed by atoms with E-state index < -0.39 is 0 Å². The monoisotopic (exact) mass is 497 g/mol. The Bertz CT molecular complexity index is 1350. The minimum absolute atomic E-state index is 0.519. The van der Waals surface area contributed by atoms with Crippen LogP contribution < -0.4 is 14.8 Å². The first-order valence-corrected chi connectivity index (χ1v) is 12.4. The molecule has 0 saturated heterocycles. The lowest BCUT2D eigenvalue weighted by Gasteiger charge is -2.19. The summed E-state index contributed by atoms with van der Waals surface area (Å²) in [4.78, 5) is 11.6. The molecule has 3 heterocycles. The van der Waals surface area contributed by atoms with Crippen LogP contribution in [0.15, 0.2) is 73.5 Å². The topological polar surface area (TPSA) is 90.2 Å². The first-order valence-electron chi connectivity index (χ1n) is 12.4. The highest BCUT2D eigenvalue weighted by Gasteiger charge is 2.12. The van der Waals surface area contributed by atoms with E-state index in [2.05, 4.69) is 50.7 Å². The molecule has 0 amide bonds. The van der Waals surface area contributed by atoms with E-state index >= 15 is 0 Å². The van der Waals surface area contributed by atoms with Crippen LogP contribution in [0.4, 0.5) is 11.6 Å². The molecule has 2 aromatic carbocycles. The molecule has 0 fully saturated rings. The van der Waals surface area contributed by atoms with Crippen molar-refractivity contribution in [3.8, 4) is 22.8 Å². The van der Waals surface area contributed by atoms with Gasteiger partial charge in [-0.1, -0.05) is 24.3 Å². The van der Waals surface area contributed by atoms with Crippen molar-refractivity contribution in [3.05, 3.63) is 84.6 Å². The summed E-state index contributed by atoms with van der Waals surface area (Å²) in [5, 5.41) is 11.1. The molecule has 9 heteroatoms. The summed E-state index contributed by atoms with van der Waals surface area (Å²) in [6.07, 6.45) is 10.4. The van der Waals surface area contributed by atoms with Gasteiger partial charge in [0.05, 0.1) is 18.8 Å². The van der Waals surface area contributed by atoms with Crippen molar-refractivity contribution in [2.75, 3.05) is 32.1 Å². The molecule has 190 valence electrons. The molecule has 0 spiro atoms. The normalized spacial score (nSPS) is 15.1. The molecule has 1 aliphatic heterocycles. The van der Waals surface area contributed by atoms with Gasteiger partial charge in [0.25, 0.3) is 0 Å². The van der Waals surface area contributed by atoms with Gasteiger partial charge in [0, 0.05) is 36.1 Å². The molecular formula is C28H31N7O2. The zero-order valence-corrected chi connectivity index (χ0v) is 21.2. The highest BCUT2D eigenvalue weighted by Crippen LogP contribution is 2.29. The minimum atomic E-state index is 0.519. The molecule has 37 heavy (non-hydrogen) atoms. The van der Waals surface area contributed by atoms with Crippen molar-refractivity contribution in [1.82, 2.24) is 29.6 Å². The largest absolute Gasteiger partial charge is 0.493 e. The second-order valence-electron chi connectivity index (χ2n) is 9.05. The number of anilines is 2. The van der Waals surface area contributed by atoms with Gasteiger partial charge >= 0.3 is 0 Å². The van der Waals surface area contributed by atoms with E-state index in [9.17, 15) is 0 Å². The lowest BCUT2D eigenvalue weighted by atomic mass is 10.1. The third kappa shape index (κ3) is 6.50. The van der Waals surface area contributed by atoms with Crippen LogP contribution >= 0.6 is 0 Å². The fourth-order valence-electron chi connectivity index (χ4n) is 4.15. The Balaban J connectivity index is 1.44. The van der Waals surface area contributed by atoms with E-state index in [0.29, 0.717) is 25.7 Å². The van der Waals surface area contributed by atoms with Gasteiger partial charge < -0.3 is 19.4 Å². The Labute approximate surface area is 216 Å². The Morgan fingerprint density at radius 2 is 1.97 bits per heavy atom. The summed E-state index contributed by atoms with van der Waals surface area (Å²) in [5.74, 6) is 2.22. The van der Waals surface area contributed by atoms with E-state index in [1.807, 2.05) is 54.1 Å². The molecular weight excluding hydrogens is 466 g/mol. The number of aromatic nitrogens is 5. The number of ether oxygens (including phenoxy) is 2. The average molecular weight is 498 g/mol. The molecule has 0 saturated carbocycles. The smallest absolute Gasteiger partial charge is 0.227 e. The number of aryl methyl sites for hydroxylation is 1. The van der Waals surface area contributed by atoms with Crippen LogP contribution in [0.5, 0.6) is 11.5 Å². The Morgan fingerprint density at radius 1 is 1.08 bits per heavy atom. The van der Waals surface area contributed by atoms with Gasteiger partial charge in [-0.2, -0.15) is 0 Å². The van der Waals surface area contributed by atoms with Crippen molar-refractivity contribution in [2.45, 2.75) is 26.4 Å². The van der Waals surface area contributed by atoms with Gasteiger partial charge in [0.1, 0.15) is 30.8 Å². The van der Waals surface area contributed by atoms with Crippen LogP contribution in [0.2, 0.25) is 0 Å². The fraction of sp³-hybridized carbons (Fsp3) is 0.286. The van der Waals surface area contributed by atoms with Crippen molar-refractivity contribution < 1.29 is 9.47 Å². The summed E-state index contributed by atoms with van der Waals surface area (Å²) in [7, 11) is 2.10. The number of benzene rings is 2. The van der Waals surface area contributed by atoms with Crippen LogP contribution in [-0.4, -0.2) is 56.4 Å². The maximum Gasteiger partial charge on any atom is 0.227 e. The predicted molar refractivity (Wildman–Crippen MR) is 143 cm³/mol. The van der Waals surface area contributed by atoms with Crippen LogP contribution in [0.1, 0.15) is 17.5 Å². The summed E-state index contributed by atoms with van der Waals surface area (Å²) in [6, 6.07) is 14.2. The van der Waals surface area contributed by atoms with Crippen molar-refractivity contribution in [1.29, 1.82) is 0 Å². The second-order valence-corrected chi connectivity index (χ2v) is 9.05.